The summed E-state index contributed by atoms with van der Waals surface area (Å²) in [6.45, 7) is 2.30. The van der Waals surface area contributed by atoms with Gasteiger partial charge in [-0.05, 0) is 25.0 Å². The smallest absolute Gasteiger partial charge is 0.271 e. The molecular formula is C10H14ClN3O2. The van der Waals surface area contributed by atoms with E-state index < -0.39 is 0 Å². The number of aliphatic hydroxyl groups is 1. The Labute approximate surface area is 98.8 Å². The maximum absolute atomic E-state index is 11.5. The Kier molecular flexibility index (Phi) is 5.14. The van der Waals surface area contributed by atoms with Gasteiger partial charge in [0.25, 0.3) is 5.91 Å². The van der Waals surface area contributed by atoms with Crippen molar-refractivity contribution in [1.82, 2.24) is 15.5 Å². The molecule has 1 aromatic rings. The fourth-order valence-electron chi connectivity index (χ4n) is 1.08. The van der Waals surface area contributed by atoms with Crippen LogP contribution in [0.15, 0.2) is 12.1 Å². The van der Waals surface area contributed by atoms with Crippen molar-refractivity contribution < 1.29 is 9.90 Å². The number of amides is 1. The summed E-state index contributed by atoms with van der Waals surface area (Å²) >= 11 is 5.54. The van der Waals surface area contributed by atoms with Gasteiger partial charge in [-0.1, -0.05) is 18.5 Å². The average molecular weight is 244 g/mol. The van der Waals surface area contributed by atoms with E-state index in [9.17, 15) is 9.90 Å². The molecule has 0 saturated carbocycles. The minimum atomic E-state index is -0.378. The minimum Gasteiger partial charge on any atom is -0.393 e. The Hall–Kier alpha value is -1.20. The van der Waals surface area contributed by atoms with E-state index >= 15 is 0 Å². The molecule has 16 heavy (non-hydrogen) atoms. The molecule has 1 aromatic heterocycles. The molecule has 1 rings (SSSR count). The van der Waals surface area contributed by atoms with Gasteiger partial charge in [-0.3, -0.25) is 4.79 Å². The molecule has 5 nitrogen and oxygen atoms in total. The van der Waals surface area contributed by atoms with Gasteiger partial charge in [0.2, 0.25) is 0 Å². The maximum Gasteiger partial charge on any atom is 0.271 e. The van der Waals surface area contributed by atoms with Gasteiger partial charge in [0.15, 0.2) is 10.8 Å². The number of halogens is 1. The van der Waals surface area contributed by atoms with E-state index in [0.717, 1.165) is 0 Å². The second-order valence-corrected chi connectivity index (χ2v) is 3.74. The number of nitrogens with zero attached hydrogens (tertiary/aromatic N) is 2. The number of nitrogens with one attached hydrogen (secondary N) is 1. The van der Waals surface area contributed by atoms with Crippen LogP contribution in [0.3, 0.4) is 0 Å². The van der Waals surface area contributed by atoms with E-state index in [1.54, 1.807) is 0 Å². The van der Waals surface area contributed by atoms with Crippen molar-refractivity contribution in [3.63, 3.8) is 0 Å². The first-order valence-corrected chi connectivity index (χ1v) is 5.46. The normalized spacial score (nSPS) is 12.2. The highest BCUT2D eigenvalue weighted by Crippen LogP contribution is 2.02. The summed E-state index contributed by atoms with van der Waals surface area (Å²) in [5.41, 5.74) is 0.218. The van der Waals surface area contributed by atoms with Crippen molar-refractivity contribution >= 4 is 17.5 Å². The van der Waals surface area contributed by atoms with Crippen LogP contribution < -0.4 is 5.32 Å². The van der Waals surface area contributed by atoms with Crippen molar-refractivity contribution in [3.05, 3.63) is 23.0 Å². The predicted octanol–water partition coefficient (Wildman–Crippen LogP) is 1.02. The summed E-state index contributed by atoms with van der Waals surface area (Å²) in [6.07, 6.45) is 0.830. The predicted molar refractivity (Wildman–Crippen MR) is 60.3 cm³/mol. The van der Waals surface area contributed by atoms with Crippen LogP contribution in [-0.4, -0.2) is 33.9 Å². The highest BCUT2D eigenvalue weighted by molar-refractivity contribution is 6.29. The van der Waals surface area contributed by atoms with E-state index in [-0.39, 0.29) is 22.9 Å². The van der Waals surface area contributed by atoms with Crippen LogP contribution in [-0.2, 0) is 0 Å². The highest BCUT2D eigenvalue weighted by Gasteiger charge is 2.08. The van der Waals surface area contributed by atoms with Crippen molar-refractivity contribution in [2.75, 3.05) is 6.54 Å². The summed E-state index contributed by atoms with van der Waals surface area (Å²) < 4.78 is 0. The number of carbonyl (C=O) groups excluding carboxylic acids is 1. The first-order chi connectivity index (χ1) is 7.63. The maximum atomic E-state index is 11.5. The Morgan fingerprint density at radius 2 is 2.31 bits per heavy atom. The van der Waals surface area contributed by atoms with Gasteiger partial charge < -0.3 is 10.4 Å². The molecule has 1 heterocycles. The molecule has 2 N–H and O–H groups in total. The van der Waals surface area contributed by atoms with Gasteiger partial charge in [0, 0.05) is 6.54 Å². The second kappa shape index (κ2) is 6.40. The van der Waals surface area contributed by atoms with Crippen molar-refractivity contribution in [3.8, 4) is 0 Å². The van der Waals surface area contributed by atoms with E-state index in [1.165, 1.54) is 12.1 Å². The monoisotopic (exact) mass is 243 g/mol. The van der Waals surface area contributed by atoms with Crippen LogP contribution in [0.1, 0.15) is 30.3 Å². The summed E-state index contributed by atoms with van der Waals surface area (Å²) in [6, 6.07) is 3.01. The summed E-state index contributed by atoms with van der Waals surface area (Å²) in [5, 5.41) is 19.4. The highest BCUT2D eigenvalue weighted by atomic mass is 35.5. The van der Waals surface area contributed by atoms with E-state index in [4.69, 9.17) is 11.6 Å². The molecule has 88 valence electrons. The Morgan fingerprint density at radius 3 is 2.88 bits per heavy atom. The third-order valence-electron chi connectivity index (χ3n) is 2.10. The quantitative estimate of drug-likeness (QED) is 0.810. The zero-order chi connectivity index (χ0) is 12.0. The zero-order valence-corrected chi connectivity index (χ0v) is 9.74. The Morgan fingerprint density at radius 1 is 1.56 bits per heavy atom. The van der Waals surface area contributed by atoms with Crippen molar-refractivity contribution in [1.29, 1.82) is 0 Å². The third kappa shape index (κ3) is 4.12. The first-order valence-electron chi connectivity index (χ1n) is 5.09. The second-order valence-electron chi connectivity index (χ2n) is 3.35. The Balaban J connectivity index is 2.38. The van der Waals surface area contributed by atoms with Gasteiger partial charge in [-0.2, -0.15) is 0 Å². The van der Waals surface area contributed by atoms with Gasteiger partial charge in [0.1, 0.15) is 0 Å². The molecule has 6 heteroatoms. The molecule has 0 aliphatic heterocycles. The molecule has 0 aliphatic carbocycles. The number of carbonyl (C=O) groups is 1. The first kappa shape index (κ1) is 12.9. The van der Waals surface area contributed by atoms with Crippen LogP contribution in [0.4, 0.5) is 0 Å². The molecular weight excluding hydrogens is 230 g/mol. The van der Waals surface area contributed by atoms with Gasteiger partial charge >= 0.3 is 0 Å². The molecule has 1 amide bonds. The molecule has 0 aromatic carbocycles. The van der Waals surface area contributed by atoms with Gasteiger partial charge in [-0.25, -0.2) is 0 Å². The summed E-state index contributed by atoms with van der Waals surface area (Å²) in [4.78, 5) is 11.5. The number of hydrogen-bond donors (Lipinski definition) is 2. The third-order valence-corrected chi connectivity index (χ3v) is 2.30. The van der Waals surface area contributed by atoms with Crippen LogP contribution in [0.25, 0.3) is 0 Å². The van der Waals surface area contributed by atoms with Gasteiger partial charge in [-0.15, -0.1) is 10.2 Å². The summed E-state index contributed by atoms with van der Waals surface area (Å²) in [5.74, 6) is -0.313. The molecule has 0 aliphatic rings. The molecule has 1 unspecified atom stereocenters. The van der Waals surface area contributed by atoms with E-state index in [0.29, 0.717) is 19.4 Å². The lowest BCUT2D eigenvalue weighted by Crippen LogP contribution is -2.27. The van der Waals surface area contributed by atoms with Crippen molar-refractivity contribution in [2.45, 2.75) is 25.9 Å². The fraction of sp³-hybridized carbons (Fsp3) is 0.500. The molecule has 1 atom stereocenters. The van der Waals surface area contributed by atoms with Crippen molar-refractivity contribution in [2.24, 2.45) is 0 Å². The largest absolute Gasteiger partial charge is 0.393 e. The van der Waals surface area contributed by atoms with Crippen LogP contribution in [0.2, 0.25) is 5.15 Å². The Bertz CT molecular complexity index is 342. The topological polar surface area (TPSA) is 75.1 Å². The lowest BCUT2D eigenvalue weighted by atomic mass is 10.2. The number of rotatable bonds is 5. The number of hydrogen-bond acceptors (Lipinski definition) is 4. The van der Waals surface area contributed by atoms with E-state index in [2.05, 4.69) is 15.5 Å². The van der Waals surface area contributed by atoms with E-state index in [1.807, 2.05) is 6.92 Å². The van der Waals surface area contributed by atoms with Crippen LogP contribution >= 0.6 is 11.6 Å². The summed E-state index contributed by atoms with van der Waals surface area (Å²) in [7, 11) is 0. The number of aliphatic hydroxyl groups excluding tert-OH is 1. The fourth-order valence-corrected chi connectivity index (χ4v) is 1.18. The number of aromatic nitrogens is 2. The lowest BCUT2D eigenvalue weighted by Gasteiger charge is -2.08. The van der Waals surface area contributed by atoms with Crippen LogP contribution in [0, 0.1) is 0 Å². The molecule has 0 saturated heterocycles. The standard InChI is InChI=1S/C10H14ClN3O2/c1-2-7(15)5-6-12-10(16)8-3-4-9(11)14-13-8/h3-4,7,15H,2,5-6H2,1H3,(H,12,16). The zero-order valence-electron chi connectivity index (χ0n) is 8.98. The molecule has 0 spiro atoms. The average Bonchev–Trinajstić information content (AvgIpc) is 2.29. The lowest BCUT2D eigenvalue weighted by molar-refractivity contribution is 0.0936. The SMILES string of the molecule is CCC(O)CCNC(=O)c1ccc(Cl)nn1. The van der Waals surface area contributed by atoms with Gasteiger partial charge in [0.05, 0.1) is 6.10 Å². The minimum absolute atomic E-state index is 0.218. The molecule has 0 radical (unpaired) electrons. The van der Waals surface area contributed by atoms with Crippen LogP contribution in [0.5, 0.6) is 0 Å². The molecule has 0 bridgehead atoms. The molecule has 0 fully saturated rings.